The number of amides is 5. The number of nitrogens with one attached hydrogen (secondary N) is 3. The highest BCUT2D eigenvalue weighted by Crippen LogP contribution is 2.49. The molecular weight excluding hydrogens is 488 g/mol. The molecule has 1 saturated heterocycles. The van der Waals surface area contributed by atoms with E-state index in [9.17, 15) is 32.3 Å². The molecule has 3 N–H and O–H groups in total. The predicted octanol–water partition coefficient (Wildman–Crippen LogP) is 1.52. The summed E-state index contributed by atoms with van der Waals surface area (Å²) in [6, 6.07) is 1.40. The third-order valence-electron chi connectivity index (χ3n) is 6.23. The lowest BCUT2D eigenvalue weighted by molar-refractivity contribution is -0.158. The number of alkyl halides is 4. The zero-order chi connectivity index (χ0) is 26.4. The van der Waals surface area contributed by atoms with Crippen LogP contribution in [0, 0.1) is 0 Å². The quantitative estimate of drug-likeness (QED) is 0.402. The molecule has 2 aromatic rings. The summed E-state index contributed by atoms with van der Waals surface area (Å²) in [6.45, 7) is -0.226. The van der Waals surface area contributed by atoms with Gasteiger partial charge in [-0.25, -0.2) is 9.18 Å². The van der Waals surface area contributed by atoms with Crippen LogP contribution in [-0.4, -0.2) is 64.2 Å². The number of hydrogen-bond acceptors (Lipinski definition) is 5. The van der Waals surface area contributed by atoms with E-state index in [0.717, 1.165) is 6.92 Å². The summed E-state index contributed by atoms with van der Waals surface area (Å²) in [5.41, 5.74) is -0.276. The highest BCUT2D eigenvalue weighted by molar-refractivity contribution is 6.10. The molecule has 1 aliphatic carbocycles. The Bertz CT molecular complexity index is 1250. The molecule has 1 spiro atoms. The fourth-order valence-electron chi connectivity index (χ4n) is 4.31. The lowest BCUT2D eigenvalue weighted by Crippen LogP contribution is -2.48. The normalized spacial score (nSPS) is 21.9. The van der Waals surface area contributed by atoms with Gasteiger partial charge in [0.25, 0.3) is 5.91 Å². The first-order valence-corrected chi connectivity index (χ1v) is 10.9. The zero-order valence-electron chi connectivity index (χ0n) is 19.1. The number of urea groups is 1. The number of aromatic nitrogens is 2. The van der Waals surface area contributed by atoms with Crippen molar-refractivity contribution in [1.82, 2.24) is 30.6 Å². The van der Waals surface area contributed by atoms with Crippen LogP contribution in [0.2, 0.25) is 0 Å². The Labute approximate surface area is 202 Å². The van der Waals surface area contributed by atoms with Crippen molar-refractivity contribution in [1.29, 1.82) is 0 Å². The Hall–Kier alpha value is -3.97. The van der Waals surface area contributed by atoms with E-state index in [-0.39, 0.29) is 23.6 Å². The number of hydrogen-bond donors (Lipinski definition) is 3. The van der Waals surface area contributed by atoms with E-state index >= 15 is 4.39 Å². The highest BCUT2D eigenvalue weighted by Gasteiger charge is 2.58. The number of halogens is 4. The van der Waals surface area contributed by atoms with Crippen molar-refractivity contribution in [3.05, 3.63) is 41.7 Å². The zero-order valence-corrected chi connectivity index (χ0v) is 19.1. The number of rotatable bonds is 6. The van der Waals surface area contributed by atoms with Crippen LogP contribution in [0.1, 0.15) is 30.6 Å². The first-order valence-electron chi connectivity index (χ1n) is 10.9. The number of nitrogens with zero attached hydrogens (tertiary/aromatic N) is 3. The molecule has 0 bridgehead atoms. The molecule has 2 heterocycles. The lowest BCUT2D eigenvalue weighted by Gasteiger charge is -2.22. The van der Waals surface area contributed by atoms with Crippen LogP contribution in [0.25, 0.3) is 11.1 Å². The first-order chi connectivity index (χ1) is 16.9. The molecule has 192 valence electrons. The minimum absolute atomic E-state index is 0.0119. The Balaban J connectivity index is 1.56. The molecule has 0 unspecified atom stereocenters. The van der Waals surface area contributed by atoms with E-state index in [1.54, 1.807) is 17.6 Å². The van der Waals surface area contributed by atoms with Gasteiger partial charge in [0, 0.05) is 25.2 Å². The molecule has 36 heavy (non-hydrogen) atoms. The summed E-state index contributed by atoms with van der Waals surface area (Å²) in [7, 11) is 1.49. The molecular formula is C22H22F4N6O4. The minimum atomic E-state index is -4.70. The average Bonchev–Trinajstić information content (AvgIpc) is 3.45. The monoisotopic (exact) mass is 510 g/mol. The van der Waals surface area contributed by atoms with Crippen LogP contribution in [0.15, 0.2) is 30.6 Å². The van der Waals surface area contributed by atoms with E-state index in [1.165, 1.54) is 30.1 Å². The summed E-state index contributed by atoms with van der Waals surface area (Å²) in [6.07, 6.45) is -3.67. The van der Waals surface area contributed by atoms with E-state index in [0.29, 0.717) is 16.0 Å². The SMILES string of the molecule is CNC(=O)Cn1cc(-c2ccc3c(c2)[C@H](F)C[C@]32NC(=O)N(CC(=O)N[C@@H](C)C(F)(F)F)C2=O)cn1. The maximum absolute atomic E-state index is 15.1. The molecule has 1 fully saturated rings. The maximum Gasteiger partial charge on any atom is 0.408 e. The van der Waals surface area contributed by atoms with Crippen LogP contribution in [0.4, 0.5) is 22.4 Å². The van der Waals surface area contributed by atoms with Crippen LogP contribution in [-0.2, 0) is 26.5 Å². The molecule has 1 aromatic heterocycles. The van der Waals surface area contributed by atoms with Gasteiger partial charge in [-0.1, -0.05) is 12.1 Å². The average molecular weight is 510 g/mol. The third-order valence-corrected chi connectivity index (χ3v) is 6.23. The van der Waals surface area contributed by atoms with Crippen LogP contribution in [0.5, 0.6) is 0 Å². The van der Waals surface area contributed by atoms with Crippen molar-refractivity contribution >= 4 is 23.8 Å². The standard InChI is InChI=1S/C22H22F4N6O4/c1-11(22(24,25)26)29-18(34)10-32-19(35)21(30-20(32)36)6-16(23)14-5-12(3-4-15(14)21)13-7-28-31(8-13)9-17(33)27-2/h3-5,7-8,11,16H,6,9-10H2,1-2H3,(H,27,33)(H,29,34)(H,30,36)/t11-,16+,21-/m0/s1. The second-order valence-electron chi connectivity index (χ2n) is 8.63. The van der Waals surface area contributed by atoms with Crippen molar-refractivity contribution in [2.24, 2.45) is 0 Å². The van der Waals surface area contributed by atoms with Gasteiger partial charge in [0.1, 0.15) is 30.8 Å². The van der Waals surface area contributed by atoms with Crippen molar-refractivity contribution in [2.75, 3.05) is 13.6 Å². The summed E-state index contributed by atoms with van der Waals surface area (Å²) in [5.74, 6) is -2.36. The summed E-state index contributed by atoms with van der Waals surface area (Å²) in [4.78, 5) is 49.8. The summed E-state index contributed by atoms with van der Waals surface area (Å²) in [5, 5.41) is 10.7. The minimum Gasteiger partial charge on any atom is -0.358 e. The molecule has 3 atom stereocenters. The van der Waals surface area contributed by atoms with Gasteiger partial charge in [0.2, 0.25) is 11.8 Å². The van der Waals surface area contributed by atoms with E-state index in [2.05, 4.69) is 15.7 Å². The Kier molecular flexibility index (Phi) is 6.22. The second-order valence-corrected chi connectivity index (χ2v) is 8.63. The first kappa shape index (κ1) is 25.1. The van der Waals surface area contributed by atoms with Crippen LogP contribution < -0.4 is 16.0 Å². The molecule has 1 aliphatic heterocycles. The number of carbonyl (C=O) groups excluding carboxylic acids is 4. The van der Waals surface area contributed by atoms with Gasteiger partial charge >= 0.3 is 12.2 Å². The number of likely N-dealkylation sites (N-methyl/N-ethyl adjacent to an activating group) is 1. The van der Waals surface area contributed by atoms with Crippen LogP contribution >= 0.6 is 0 Å². The smallest absolute Gasteiger partial charge is 0.358 e. The number of benzene rings is 1. The Morgan fingerprint density at radius 2 is 1.94 bits per heavy atom. The van der Waals surface area contributed by atoms with Gasteiger partial charge in [0.05, 0.1) is 6.20 Å². The molecule has 14 heteroatoms. The van der Waals surface area contributed by atoms with Crippen molar-refractivity contribution < 1.29 is 36.7 Å². The maximum atomic E-state index is 15.1. The fourth-order valence-corrected chi connectivity index (χ4v) is 4.31. The third kappa shape index (κ3) is 4.38. The summed E-state index contributed by atoms with van der Waals surface area (Å²) < 4.78 is 54.7. The van der Waals surface area contributed by atoms with Crippen LogP contribution in [0.3, 0.4) is 0 Å². The number of imide groups is 1. The van der Waals surface area contributed by atoms with Gasteiger partial charge in [-0.15, -0.1) is 0 Å². The fraction of sp³-hybridized carbons (Fsp3) is 0.409. The molecule has 10 nitrogen and oxygen atoms in total. The Morgan fingerprint density at radius 1 is 1.22 bits per heavy atom. The van der Waals surface area contributed by atoms with Crippen molar-refractivity contribution in [3.8, 4) is 11.1 Å². The number of carbonyl (C=O) groups is 4. The van der Waals surface area contributed by atoms with E-state index in [4.69, 9.17) is 0 Å². The molecule has 4 rings (SSSR count). The van der Waals surface area contributed by atoms with E-state index < -0.39 is 54.7 Å². The Morgan fingerprint density at radius 3 is 2.61 bits per heavy atom. The predicted molar refractivity (Wildman–Crippen MR) is 116 cm³/mol. The molecule has 2 aliphatic rings. The highest BCUT2D eigenvalue weighted by atomic mass is 19.4. The summed E-state index contributed by atoms with van der Waals surface area (Å²) >= 11 is 0. The second kappa shape index (κ2) is 8.91. The lowest BCUT2D eigenvalue weighted by atomic mass is 9.90. The molecule has 1 aromatic carbocycles. The van der Waals surface area contributed by atoms with Gasteiger partial charge in [-0.2, -0.15) is 18.3 Å². The van der Waals surface area contributed by atoms with Gasteiger partial charge < -0.3 is 16.0 Å². The largest absolute Gasteiger partial charge is 0.408 e. The van der Waals surface area contributed by atoms with Crippen molar-refractivity contribution in [3.63, 3.8) is 0 Å². The van der Waals surface area contributed by atoms with Gasteiger partial charge in [-0.05, 0) is 29.7 Å². The van der Waals surface area contributed by atoms with E-state index in [1.807, 2.05) is 0 Å². The van der Waals surface area contributed by atoms with Crippen molar-refractivity contribution in [2.45, 2.75) is 43.8 Å². The number of fused-ring (bicyclic) bond motifs is 2. The molecule has 0 saturated carbocycles. The molecule has 5 amide bonds. The molecule has 0 radical (unpaired) electrons. The van der Waals surface area contributed by atoms with Gasteiger partial charge in [0.15, 0.2) is 0 Å². The topological polar surface area (TPSA) is 125 Å². The van der Waals surface area contributed by atoms with Gasteiger partial charge in [-0.3, -0.25) is 24.0 Å².